The number of halogens is 5. The van der Waals surface area contributed by atoms with E-state index in [-0.39, 0.29) is 49.6 Å². The molecule has 2 aliphatic carbocycles. The van der Waals surface area contributed by atoms with Gasteiger partial charge in [0.05, 0.1) is 33.8 Å². The second-order valence-corrected chi connectivity index (χ2v) is 16.8. The summed E-state index contributed by atoms with van der Waals surface area (Å²) in [7, 11) is 0. The number of carbonyl (C=O) groups is 5. The lowest BCUT2D eigenvalue weighted by atomic mass is 9.49. The third kappa shape index (κ3) is 7.54. The van der Waals surface area contributed by atoms with Gasteiger partial charge >= 0.3 is 12.1 Å². The summed E-state index contributed by atoms with van der Waals surface area (Å²) < 4.78 is 46.7. The first-order valence-corrected chi connectivity index (χ1v) is 20.8. The molecule has 0 spiro atoms. The molecule has 8 rings (SSSR count). The predicted octanol–water partition coefficient (Wildman–Crippen LogP) is 8.32. The monoisotopic (exact) mass is 890 g/mol. The van der Waals surface area contributed by atoms with Crippen molar-refractivity contribution in [2.24, 2.45) is 23.7 Å². The number of phenolic OH excluding ortho intramolecular Hbond substituents is 1. The largest absolute Gasteiger partial charge is 0.508 e. The second-order valence-electron chi connectivity index (χ2n) is 15.9. The maximum Gasteiger partial charge on any atom is 0.417 e. The minimum atomic E-state index is -4.78. The zero-order valence-corrected chi connectivity index (χ0v) is 34.3. The first-order chi connectivity index (χ1) is 29.6. The molecule has 17 heteroatoms. The number of nitrogens with one attached hydrogen (secondary N) is 1. The molecule has 4 aliphatic rings. The van der Waals surface area contributed by atoms with Crippen molar-refractivity contribution >= 4 is 58.6 Å². The molecule has 3 aromatic carbocycles. The molecule has 322 valence electrons. The van der Waals surface area contributed by atoms with Crippen LogP contribution in [0.25, 0.3) is 0 Å². The van der Waals surface area contributed by atoms with Crippen molar-refractivity contribution in [3.8, 4) is 11.5 Å². The number of aromatic nitrogens is 1. The molecule has 12 nitrogen and oxygen atoms in total. The summed E-state index contributed by atoms with van der Waals surface area (Å²) in [6, 6.07) is 20.9. The molecule has 2 aliphatic heterocycles. The van der Waals surface area contributed by atoms with Crippen LogP contribution in [-0.4, -0.2) is 61.2 Å². The molecule has 0 bridgehead atoms. The highest BCUT2D eigenvalue weighted by atomic mass is 35.5. The highest BCUT2D eigenvalue weighted by molar-refractivity contribution is 6.33. The lowest BCUT2D eigenvalue weighted by molar-refractivity contribution is -0.141. The summed E-state index contributed by atoms with van der Waals surface area (Å²) in [5, 5.41) is 21.5. The fourth-order valence-electron chi connectivity index (χ4n) is 9.73. The van der Waals surface area contributed by atoms with Crippen LogP contribution < -0.4 is 10.2 Å². The quantitative estimate of drug-likeness (QED) is 0.0675. The molecule has 1 saturated carbocycles. The lowest BCUT2D eigenvalue weighted by Crippen LogP contribution is -2.53. The van der Waals surface area contributed by atoms with Crippen molar-refractivity contribution < 1.29 is 52.1 Å². The van der Waals surface area contributed by atoms with Crippen LogP contribution in [0.1, 0.15) is 66.7 Å². The van der Waals surface area contributed by atoms with Gasteiger partial charge < -0.3 is 14.9 Å². The number of hydrazine groups is 1. The number of alkyl halides is 3. The molecule has 3 fully saturated rings. The van der Waals surface area contributed by atoms with Gasteiger partial charge in [0.25, 0.3) is 11.8 Å². The maximum absolute atomic E-state index is 15.5. The molecule has 3 heterocycles. The van der Waals surface area contributed by atoms with Crippen LogP contribution in [0.5, 0.6) is 11.5 Å². The predicted molar refractivity (Wildman–Crippen MR) is 219 cm³/mol. The van der Waals surface area contributed by atoms with Gasteiger partial charge in [-0.2, -0.15) is 18.2 Å². The van der Waals surface area contributed by atoms with Crippen molar-refractivity contribution in [2.75, 3.05) is 12.0 Å². The normalized spacial score (nSPS) is 24.4. The number of amides is 4. The number of aromatic hydroxyl groups is 1. The fourth-order valence-corrected chi connectivity index (χ4v) is 10.1. The Bertz CT molecular complexity index is 2490. The van der Waals surface area contributed by atoms with Crippen LogP contribution in [0.3, 0.4) is 0 Å². The van der Waals surface area contributed by atoms with Gasteiger partial charge in [0.2, 0.25) is 11.8 Å². The van der Waals surface area contributed by atoms with Crippen LogP contribution in [0.15, 0.2) is 96.7 Å². The SMILES string of the molecule is O=C(O)CCCCCN1C(=O)[C@H]2[C@H](CC=C3[C@H]2C[C@H]2C(=O)N(Nc4ncc(C(F)(F)F)cc4Cl)C(=O)[C@@]2(c2ccc(Cl)cc2)[C@H]3c2ccc(OCc3ccccc3)cc2O)C1=O. The number of aliphatic carboxylic acids is 1. The van der Waals surface area contributed by atoms with Crippen molar-refractivity contribution in [3.63, 3.8) is 0 Å². The number of imide groups is 2. The summed E-state index contributed by atoms with van der Waals surface area (Å²) in [5.41, 5.74) is 1.54. The molecular formula is C45H39Cl2F3N4O8. The third-order valence-corrected chi connectivity index (χ3v) is 13.0. The number of nitrogens with zero attached hydrogens (tertiary/aromatic N) is 3. The Hall–Kier alpha value is -5.93. The smallest absolute Gasteiger partial charge is 0.417 e. The van der Waals surface area contributed by atoms with E-state index in [9.17, 15) is 37.5 Å². The topological polar surface area (TPSA) is 166 Å². The number of likely N-dealkylation sites (tertiary alicyclic amines) is 1. The van der Waals surface area contributed by atoms with Crippen LogP contribution >= 0.6 is 23.2 Å². The summed E-state index contributed by atoms with van der Waals surface area (Å²) in [6.07, 6.45) is -1.26. The van der Waals surface area contributed by atoms with Gasteiger partial charge in [0, 0.05) is 41.7 Å². The van der Waals surface area contributed by atoms with Crippen molar-refractivity contribution in [1.29, 1.82) is 0 Å². The van der Waals surface area contributed by atoms with E-state index in [2.05, 4.69) is 10.4 Å². The van der Waals surface area contributed by atoms with E-state index in [1.54, 1.807) is 36.4 Å². The number of carboxylic acids is 1. The first kappa shape index (κ1) is 42.7. The van der Waals surface area contributed by atoms with E-state index in [0.717, 1.165) is 5.56 Å². The van der Waals surface area contributed by atoms with E-state index in [4.69, 9.17) is 33.0 Å². The molecule has 62 heavy (non-hydrogen) atoms. The van der Waals surface area contributed by atoms with Crippen LogP contribution in [0.2, 0.25) is 10.0 Å². The van der Waals surface area contributed by atoms with Gasteiger partial charge in [-0.25, -0.2) is 4.98 Å². The summed E-state index contributed by atoms with van der Waals surface area (Å²) in [6.45, 7) is 0.256. The Balaban J connectivity index is 1.24. The standard InChI is InChI=1S/C45H39Cl2F3N4O8/c46-27-12-10-25(11-13-27)44-33(41(59)54(43(44)61)52-39-34(47)19-26(22-51-39)45(48,49)50)21-32-29(16-17-31-37(32)42(60)53(40(31)58)18-6-2-5-9-36(56)57)38(44)30-15-14-28(20-35(30)55)62-23-24-7-3-1-4-8-24/h1,3-4,7-8,10-16,19-20,22,31-33,37-38,55H,2,5-6,9,17-18,21,23H2,(H,51,52)(H,56,57)/t31-,32+,33-,37-,38+,44+/m0/s1. The number of carbonyl (C=O) groups excluding carboxylic acids is 4. The first-order valence-electron chi connectivity index (χ1n) is 20.0. The lowest BCUT2D eigenvalue weighted by Gasteiger charge is -2.50. The van der Waals surface area contributed by atoms with Crippen molar-refractivity contribution in [3.05, 3.63) is 129 Å². The number of allylic oxidation sites excluding steroid dienone is 2. The number of hydrogen-bond donors (Lipinski definition) is 3. The Labute approximate surface area is 363 Å². The minimum Gasteiger partial charge on any atom is -0.508 e. The molecule has 1 aromatic heterocycles. The zero-order valence-electron chi connectivity index (χ0n) is 32.8. The number of pyridine rings is 1. The molecular weight excluding hydrogens is 852 g/mol. The van der Waals surface area contributed by atoms with E-state index in [1.165, 1.54) is 11.0 Å². The summed E-state index contributed by atoms with van der Waals surface area (Å²) >= 11 is 12.6. The number of ether oxygens (including phenoxy) is 1. The highest BCUT2D eigenvalue weighted by Crippen LogP contribution is 2.65. The Kier molecular flexibility index (Phi) is 11.5. The Morgan fingerprint density at radius 1 is 0.919 bits per heavy atom. The maximum atomic E-state index is 15.5. The number of fused-ring (bicyclic) bond motifs is 4. The number of rotatable bonds is 13. The van der Waals surface area contributed by atoms with E-state index >= 15 is 4.79 Å². The number of benzene rings is 3. The fraction of sp³-hybridized carbons (Fsp3) is 0.333. The Morgan fingerprint density at radius 2 is 1.66 bits per heavy atom. The number of phenols is 1. The number of carboxylic acid groups (broad SMARTS) is 1. The number of anilines is 1. The van der Waals surface area contributed by atoms with Crippen LogP contribution in [-0.2, 0) is 42.2 Å². The zero-order chi connectivity index (χ0) is 44.1. The minimum absolute atomic E-state index is 0.0482. The number of unbranched alkanes of at least 4 members (excludes halogenated alkanes) is 2. The highest BCUT2D eigenvalue weighted by Gasteiger charge is 2.70. The van der Waals surface area contributed by atoms with E-state index < -0.39 is 81.3 Å². The second kappa shape index (κ2) is 16.7. The van der Waals surface area contributed by atoms with Gasteiger partial charge in [-0.3, -0.25) is 34.3 Å². The van der Waals surface area contributed by atoms with E-state index in [1.807, 2.05) is 36.4 Å². The van der Waals surface area contributed by atoms with Gasteiger partial charge in [0.1, 0.15) is 18.1 Å². The van der Waals surface area contributed by atoms with Gasteiger partial charge in [-0.05, 0) is 67.0 Å². The van der Waals surface area contributed by atoms with Crippen LogP contribution in [0, 0.1) is 23.7 Å². The van der Waals surface area contributed by atoms with E-state index in [0.29, 0.717) is 58.4 Å². The Morgan fingerprint density at radius 3 is 2.34 bits per heavy atom. The van der Waals surface area contributed by atoms with Crippen molar-refractivity contribution in [1.82, 2.24) is 14.9 Å². The molecule has 4 aromatic rings. The molecule has 2 saturated heterocycles. The van der Waals surface area contributed by atoms with Gasteiger partial charge in [0.15, 0.2) is 5.82 Å². The molecule has 4 amide bonds. The summed E-state index contributed by atoms with van der Waals surface area (Å²) in [5.74, 6) is -8.73. The van der Waals surface area contributed by atoms with Gasteiger partial charge in [-0.1, -0.05) is 89.8 Å². The van der Waals surface area contributed by atoms with Gasteiger partial charge in [-0.15, -0.1) is 0 Å². The number of hydrogen-bond acceptors (Lipinski definition) is 9. The summed E-state index contributed by atoms with van der Waals surface area (Å²) in [4.78, 5) is 74.8. The van der Waals surface area contributed by atoms with Crippen LogP contribution in [0.4, 0.5) is 19.0 Å². The molecule has 3 N–H and O–H groups in total. The average molecular weight is 892 g/mol. The average Bonchev–Trinajstić information content (AvgIpc) is 3.61. The molecule has 0 unspecified atom stereocenters. The molecule has 0 radical (unpaired) electrons. The molecule has 6 atom stereocenters. The third-order valence-electron chi connectivity index (χ3n) is 12.5. The van der Waals surface area contributed by atoms with Crippen molar-refractivity contribution in [2.45, 2.75) is 62.6 Å².